The van der Waals surface area contributed by atoms with Crippen LogP contribution in [-0.2, 0) is 15.6 Å². The second-order valence-corrected chi connectivity index (χ2v) is 8.56. The third-order valence-electron chi connectivity index (χ3n) is 7.56. The van der Waals surface area contributed by atoms with Crippen molar-refractivity contribution in [3.05, 3.63) is 119 Å². The van der Waals surface area contributed by atoms with Crippen molar-refractivity contribution in [2.75, 3.05) is 6.61 Å². The van der Waals surface area contributed by atoms with Crippen LogP contribution in [-0.4, -0.2) is 18.0 Å². The van der Waals surface area contributed by atoms with E-state index in [1.807, 2.05) is 0 Å². The van der Waals surface area contributed by atoms with Crippen LogP contribution in [0.15, 0.2) is 97.1 Å². The molecule has 0 radical (unpaired) electrons. The fraction of sp³-hybridized carbons (Fsp3) is 0.143. The zero-order valence-corrected chi connectivity index (χ0v) is 16.4. The third kappa shape index (κ3) is 1.60. The van der Waals surface area contributed by atoms with Crippen molar-refractivity contribution in [1.29, 1.82) is 0 Å². The zero-order chi connectivity index (χ0) is 19.9. The average molecular weight is 388 g/mol. The van der Waals surface area contributed by atoms with Gasteiger partial charge >= 0.3 is 0 Å². The van der Waals surface area contributed by atoms with Crippen molar-refractivity contribution in [1.82, 2.24) is 0 Å². The Kier molecular flexibility index (Phi) is 3.03. The van der Waals surface area contributed by atoms with E-state index in [-0.39, 0.29) is 0 Å². The Bertz CT molecular complexity index is 1240. The van der Waals surface area contributed by atoms with Crippen molar-refractivity contribution in [2.24, 2.45) is 0 Å². The van der Waals surface area contributed by atoms with Crippen molar-refractivity contribution in [3.63, 3.8) is 0 Å². The Morgan fingerprint density at radius 1 is 0.567 bits per heavy atom. The van der Waals surface area contributed by atoms with E-state index >= 15 is 0 Å². The standard InChI is InChI=1S/C28H20O2/c29-26-28(24-15-7-3-11-20(24)21-12-4-8-16-25(21)28)27(17-30-26)22-13-5-1-9-18(22)19-10-2-6-14-23(19)27/h1-16,26,29H,17H2. The summed E-state index contributed by atoms with van der Waals surface area (Å²) in [6, 6.07) is 34.3. The van der Waals surface area contributed by atoms with Gasteiger partial charge in [-0.25, -0.2) is 0 Å². The van der Waals surface area contributed by atoms with Crippen LogP contribution in [0.2, 0.25) is 0 Å². The highest BCUT2D eigenvalue weighted by molar-refractivity contribution is 5.89. The zero-order valence-electron chi connectivity index (χ0n) is 16.4. The van der Waals surface area contributed by atoms with Gasteiger partial charge in [0, 0.05) is 0 Å². The molecule has 1 unspecified atom stereocenters. The molecule has 1 aliphatic heterocycles. The highest BCUT2D eigenvalue weighted by atomic mass is 16.6. The number of aliphatic hydroxyl groups excluding tert-OH is 1. The summed E-state index contributed by atoms with van der Waals surface area (Å²) in [7, 11) is 0. The lowest BCUT2D eigenvalue weighted by molar-refractivity contribution is -0.0839. The first kappa shape index (κ1) is 16.6. The normalized spacial score (nSPS) is 20.8. The number of aliphatic hydroxyl groups is 1. The molecule has 2 spiro atoms. The first-order valence-electron chi connectivity index (χ1n) is 10.5. The van der Waals surface area contributed by atoms with Crippen LogP contribution in [0.1, 0.15) is 22.3 Å². The number of ether oxygens (including phenoxy) is 1. The smallest absolute Gasteiger partial charge is 0.169 e. The molecule has 2 heteroatoms. The highest BCUT2D eigenvalue weighted by Gasteiger charge is 2.69. The molecule has 1 heterocycles. The molecular formula is C28H20O2. The molecule has 4 aromatic rings. The lowest BCUT2D eigenvalue weighted by Gasteiger charge is -2.43. The number of rotatable bonds is 0. The summed E-state index contributed by atoms with van der Waals surface area (Å²) >= 11 is 0. The van der Waals surface area contributed by atoms with Gasteiger partial charge in [-0.05, 0) is 44.5 Å². The second-order valence-electron chi connectivity index (χ2n) is 8.56. The predicted octanol–water partition coefficient (Wildman–Crippen LogP) is 5.27. The molecule has 1 N–H and O–H groups in total. The van der Waals surface area contributed by atoms with Crippen molar-refractivity contribution < 1.29 is 9.84 Å². The van der Waals surface area contributed by atoms with Crippen LogP contribution < -0.4 is 0 Å². The second kappa shape index (κ2) is 5.48. The topological polar surface area (TPSA) is 29.5 Å². The lowest BCUT2D eigenvalue weighted by Crippen LogP contribution is -2.51. The van der Waals surface area contributed by atoms with E-state index in [4.69, 9.17) is 4.74 Å². The molecule has 3 aliphatic rings. The number of fused-ring (bicyclic) bond motifs is 11. The van der Waals surface area contributed by atoms with Gasteiger partial charge in [0.2, 0.25) is 0 Å². The molecule has 2 aliphatic carbocycles. The summed E-state index contributed by atoms with van der Waals surface area (Å²) in [4.78, 5) is 0. The molecule has 0 saturated carbocycles. The maximum Gasteiger partial charge on any atom is 0.169 e. The summed E-state index contributed by atoms with van der Waals surface area (Å²) in [5.41, 5.74) is 8.50. The Labute approximate surface area is 175 Å². The van der Waals surface area contributed by atoms with E-state index < -0.39 is 17.1 Å². The van der Waals surface area contributed by atoms with Crippen LogP contribution in [0.3, 0.4) is 0 Å². The number of benzene rings is 4. The van der Waals surface area contributed by atoms with Crippen LogP contribution in [0, 0.1) is 0 Å². The quantitative estimate of drug-likeness (QED) is 0.445. The van der Waals surface area contributed by atoms with Gasteiger partial charge in [-0.1, -0.05) is 97.1 Å². The van der Waals surface area contributed by atoms with Gasteiger partial charge in [0.15, 0.2) is 6.29 Å². The maximum absolute atomic E-state index is 11.6. The minimum Gasteiger partial charge on any atom is -0.367 e. The van der Waals surface area contributed by atoms with Crippen molar-refractivity contribution in [2.45, 2.75) is 17.1 Å². The monoisotopic (exact) mass is 388 g/mol. The summed E-state index contributed by atoms with van der Waals surface area (Å²) in [5.74, 6) is 0. The van der Waals surface area contributed by atoms with E-state index in [0.29, 0.717) is 6.61 Å². The van der Waals surface area contributed by atoms with Gasteiger partial charge in [0.25, 0.3) is 0 Å². The van der Waals surface area contributed by atoms with Crippen LogP contribution in [0.25, 0.3) is 22.3 Å². The minimum absolute atomic E-state index is 0.449. The Hall–Kier alpha value is -3.20. The lowest BCUT2D eigenvalue weighted by atomic mass is 9.55. The summed E-state index contributed by atoms with van der Waals surface area (Å²) in [5, 5.41) is 11.6. The van der Waals surface area contributed by atoms with E-state index in [9.17, 15) is 5.11 Å². The molecule has 1 fully saturated rings. The Morgan fingerprint density at radius 3 is 1.40 bits per heavy atom. The van der Waals surface area contributed by atoms with E-state index in [0.717, 1.165) is 11.1 Å². The molecule has 30 heavy (non-hydrogen) atoms. The summed E-state index contributed by atoms with van der Waals surface area (Å²) < 4.78 is 6.21. The van der Waals surface area contributed by atoms with Gasteiger partial charge in [-0.3, -0.25) is 0 Å². The Balaban J connectivity index is 1.70. The molecule has 144 valence electrons. The molecule has 0 amide bonds. The highest BCUT2D eigenvalue weighted by Crippen LogP contribution is 2.68. The first-order chi connectivity index (χ1) is 14.8. The third-order valence-corrected chi connectivity index (χ3v) is 7.56. The van der Waals surface area contributed by atoms with Gasteiger partial charge in [0.05, 0.1) is 17.4 Å². The molecule has 7 rings (SSSR count). The van der Waals surface area contributed by atoms with Gasteiger partial charge < -0.3 is 9.84 Å². The fourth-order valence-corrected chi connectivity index (χ4v) is 6.55. The molecule has 4 aromatic carbocycles. The Morgan fingerprint density at radius 2 is 0.933 bits per heavy atom. The predicted molar refractivity (Wildman–Crippen MR) is 117 cm³/mol. The van der Waals surface area contributed by atoms with E-state index in [1.165, 1.54) is 33.4 Å². The van der Waals surface area contributed by atoms with Crippen LogP contribution >= 0.6 is 0 Å². The summed E-state index contributed by atoms with van der Waals surface area (Å²) in [6.07, 6.45) is -0.929. The van der Waals surface area contributed by atoms with Gasteiger partial charge in [0.1, 0.15) is 0 Å². The van der Waals surface area contributed by atoms with Crippen molar-refractivity contribution >= 4 is 0 Å². The van der Waals surface area contributed by atoms with Gasteiger partial charge in [-0.2, -0.15) is 0 Å². The molecule has 1 atom stereocenters. The average Bonchev–Trinajstić information content (AvgIpc) is 3.40. The van der Waals surface area contributed by atoms with E-state index in [2.05, 4.69) is 97.1 Å². The van der Waals surface area contributed by atoms with E-state index in [1.54, 1.807) is 0 Å². The molecule has 1 saturated heterocycles. The van der Waals surface area contributed by atoms with Crippen molar-refractivity contribution in [3.8, 4) is 22.3 Å². The largest absolute Gasteiger partial charge is 0.367 e. The molecule has 2 nitrogen and oxygen atoms in total. The number of hydrogen-bond donors (Lipinski definition) is 1. The fourth-order valence-electron chi connectivity index (χ4n) is 6.55. The van der Waals surface area contributed by atoms with Crippen LogP contribution in [0.5, 0.6) is 0 Å². The molecule has 0 aromatic heterocycles. The molecular weight excluding hydrogens is 368 g/mol. The minimum atomic E-state index is -0.929. The SMILES string of the molecule is OC1OCC2(c3ccccc3-c3ccccc32)C12c1ccccc1-c1ccccc12. The van der Waals surface area contributed by atoms with Crippen LogP contribution in [0.4, 0.5) is 0 Å². The number of hydrogen-bond acceptors (Lipinski definition) is 2. The summed E-state index contributed by atoms with van der Waals surface area (Å²) in [6.45, 7) is 0.449. The first-order valence-corrected chi connectivity index (χ1v) is 10.5. The van der Waals surface area contributed by atoms with Gasteiger partial charge in [-0.15, -0.1) is 0 Å². The molecule has 0 bridgehead atoms. The maximum atomic E-state index is 11.6.